The molecule has 4 nitrogen and oxygen atoms in total. The molecule has 0 saturated carbocycles. The second kappa shape index (κ2) is 4.02. The molecule has 0 aromatic rings. The van der Waals surface area contributed by atoms with Gasteiger partial charge in [-0.2, -0.15) is 0 Å². The van der Waals surface area contributed by atoms with E-state index in [0.29, 0.717) is 0 Å². The minimum atomic E-state index is -1.50. The predicted molar refractivity (Wildman–Crippen MR) is 18.7 cm³/mol. The molecule has 0 bridgehead atoms. The summed E-state index contributed by atoms with van der Waals surface area (Å²) in [4.78, 5) is 8.36. The fourth-order valence-corrected chi connectivity index (χ4v) is 0. The Morgan fingerprint density at radius 2 is 1.80 bits per heavy atom. The van der Waals surface area contributed by atoms with E-state index in [1.54, 1.807) is 0 Å². The van der Waals surface area contributed by atoms with E-state index in [4.69, 9.17) is 15.3 Å². The first-order valence-corrected chi connectivity index (χ1v) is 0.565. The van der Waals surface area contributed by atoms with Gasteiger partial charge in [-0.15, -0.1) is 10.1 Å². The molecule has 0 unspecified atom stereocenters. The second-order valence-corrected chi connectivity index (χ2v) is 0.238. The Hall–Kier alpha value is 0.0182. The van der Waals surface area contributed by atoms with Gasteiger partial charge < -0.3 is 5.21 Å². The van der Waals surface area contributed by atoms with Crippen LogP contribution in [0.15, 0.2) is 0 Å². The monoisotopic (exact) mass is 187 g/mol. The molecule has 0 radical (unpaired) electrons. The Labute approximate surface area is 45.3 Å². The van der Waals surface area contributed by atoms with Crippen LogP contribution in [0.5, 0.6) is 0 Å². The average molecular weight is 188 g/mol. The number of rotatable bonds is 0. The van der Waals surface area contributed by atoms with E-state index in [2.05, 4.69) is 0 Å². The number of hydrogen-bond acceptors (Lipinski definition) is 2. The third-order valence-electron chi connectivity index (χ3n) is 0. The summed E-state index contributed by atoms with van der Waals surface area (Å²) in [5.74, 6) is 0. The summed E-state index contributed by atoms with van der Waals surface area (Å²) in [6, 6.07) is 0. The average Bonchev–Trinajstić information content (AvgIpc) is 0.811. The topological polar surface area (TPSA) is 63.4 Å². The first-order chi connectivity index (χ1) is 1.73. The van der Waals surface area contributed by atoms with Crippen molar-refractivity contribution in [3.05, 3.63) is 10.1 Å². The second-order valence-electron chi connectivity index (χ2n) is 0.238. The number of nitrogens with zero attached hydrogens (tertiary/aromatic N) is 1. The van der Waals surface area contributed by atoms with Crippen LogP contribution in [0.1, 0.15) is 0 Å². The van der Waals surface area contributed by atoms with Crippen molar-refractivity contribution in [1.29, 1.82) is 0 Å². The molecule has 0 spiro atoms. The molecule has 0 rings (SSSR count). The van der Waals surface area contributed by atoms with E-state index < -0.39 is 5.09 Å². The molecular formula is H4NO3Sb. The van der Waals surface area contributed by atoms with Crippen molar-refractivity contribution in [3.8, 4) is 0 Å². The van der Waals surface area contributed by atoms with Crippen molar-refractivity contribution in [1.82, 2.24) is 0 Å². The van der Waals surface area contributed by atoms with Crippen LogP contribution in [0.4, 0.5) is 0 Å². The van der Waals surface area contributed by atoms with Crippen molar-refractivity contribution < 1.29 is 10.3 Å². The summed E-state index contributed by atoms with van der Waals surface area (Å²) >= 11 is 0. The SMILES string of the molecule is O=[N+]([O-])O.[SbH3]. The molecule has 32 valence electrons. The molecule has 1 N–H and O–H groups in total. The summed E-state index contributed by atoms with van der Waals surface area (Å²) in [5, 5.41) is 13.6. The summed E-state index contributed by atoms with van der Waals surface area (Å²) in [5.41, 5.74) is 0. The van der Waals surface area contributed by atoms with Gasteiger partial charge in [0.15, 0.2) is 0 Å². The van der Waals surface area contributed by atoms with Gasteiger partial charge in [0.25, 0.3) is 5.09 Å². The fraction of sp³-hybridized carbons (Fsp3) is 0. The van der Waals surface area contributed by atoms with Crippen LogP contribution >= 0.6 is 0 Å². The number of hydrogen-bond donors (Lipinski definition) is 1. The van der Waals surface area contributed by atoms with Crippen LogP contribution in [0.3, 0.4) is 0 Å². The zero-order valence-electron chi connectivity index (χ0n) is 2.42. The van der Waals surface area contributed by atoms with Crippen LogP contribution in [-0.2, 0) is 0 Å². The Morgan fingerprint density at radius 1 is 1.80 bits per heavy atom. The van der Waals surface area contributed by atoms with E-state index in [9.17, 15) is 0 Å². The summed E-state index contributed by atoms with van der Waals surface area (Å²) in [7, 11) is 0. The molecule has 0 fully saturated rings. The summed E-state index contributed by atoms with van der Waals surface area (Å²) in [6.45, 7) is 0. The summed E-state index contributed by atoms with van der Waals surface area (Å²) in [6.07, 6.45) is 0. The molecule has 5 heteroatoms. The van der Waals surface area contributed by atoms with Crippen LogP contribution in [0.2, 0.25) is 0 Å². The Kier molecular flexibility index (Phi) is 7.15. The van der Waals surface area contributed by atoms with Crippen molar-refractivity contribution in [2.24, 2.45) is 0 Å². The normalized spacial score (nSPS) is 4.80. The first-order valence-electron chi connectivity index (χ1n) is 0.565. The van der Waals surface area contributed by atoms with Crippen LogP contribution in [0.25, 0.3) is 0 Å². The quantitative estimate of drug-likeness (QED) is 0.284. The van der Waals surface area contributed by atoms with E-state index >= 15 is 0 Å². The molecule has 0 atom stereocenters. The third kappa shape index (κ3) is 49500. The minimum absolute atomic E-state index is 0. The third-order valence-corrected chi connectivity index (χ3v) is 0. The van der Waals surface area contributed by atoms with E-state index in [0.717, 1.165) is 0 Å². The Bertz CT molecular complexity index is 29.9. The van der Waals surface area contributed by atoms with Gasteiger partial charge in [0.05, 0.1) is 0 Å². The molecule has 0 aromatic heterocycles. The Balaban J connectivity index is 0. The standard InChI is InChI=1S/HNO3.Sb.3H/c2-1(3)4;;;;/h(H,2,3,4);;;;. The molecule has 0 aliphatic carbocycles. The summed E-state index contributed by atoms with van der Waals surface area (Å²) < 4.78 is 0. The molecule has 0 aromatic carbocycles. The van der Waals surface area contributed by atoms with Gasteiger partial charge >= 0.3 is 24.4 Å². The zero-order chi connectivity index (χ0) is 3.58. The van der Waals surface area contributed by atoms with Gasteiger partial charge in [0, 0.05) is 0 Å². The first kappa shape index (κ1) is 8.89. The van der Waals surface area contributed by atoms with Crippen LogP contribution in [-0.4, -0.2) is 34.7 Å². The molecule has 0 aliphatic heterocycles. The van der Waals surface area contributed by atoms with E-state index in [1.165, 1.54) is 0 Å². The van der Waals surface area contributed by atoms with Crippen molar-refractivity contribution >= 4 is 24.4 Å². The van der Waals surface area contributed by atoms with Gasteiger partial charge in [-0.05, 0) is 0 Å². The Morgan fingerprint density at radius 3 is 1.80 bits per heavy atom. The van der Waals surface area contributed by atoms with Crippen LogP contribution in [0, 0.1) is 10.1 Å². The maximum atomic E-state index is 8.36. The van der Waals surface area contributed by atoms with E-state index in [-0.39, 0.29) is 24.4 Å². The molecule has 0 aliphatic rings. The van der Waals surface area contributed by atoms with Crippen molar-refractivity contribution in [2.75, 3.05) is 0 Å². The van der Waals surface area contributed by atoms with Gasteiger partial charge in [-0.3, -0.25) is 0 Å². The van der Waals surface area contributed by atoms with Crippen molar-refractivity contribution in [3.63, 3.8) is 0 Å². The molecule has 5 heavy (non-hydrogen) atoms. The maximum absolute atomic E-state index is 8.36. The fourth-order valence-electron chi connectivity index (χ4n) is 0. The van der Waals surface area contributed by atoms with Gasteiger partial charge in [-0.1, -0.05) is 0 Å². The molecular weight excluding hydrogens is 184 g/mol. The van der Waals surface area contributed by atoms with Crippen molar-refractivity contribution in [2.45, 2.75) is 0 Å². The predicted octanol–water partition coefficient (Wildman–Crippen LogP) is -1.53. The van der Waals surface area contributed by atoms with Crippen LogP contribution < -0.4 is 0 Å². The zero-order valence-corrected chi connectivity index (χ0v) is 6.45. The molecule has 0 saturated heterocycles. The molecule has 0 amide bonds. The van der Waals surface area contributed by atoms with E-state index in [1.807, 2.05) is 0 Å². The van der Waals surface area contributed by atoms with Gasteiger partial charge in [0.1, 0.15) is 0 Å². The molecule has 0 heterocycles. The van der Waals surface area contributed by atoms with Gasteiger partial charge in [0.2, 0.25) is 0 Å². The van der Waals surface area contributed by atoms with Gasteiger partial charge in [-0.25, -0.2) is 0 Å².